The van der Waals surface area contributed by atoms with Crippen LogP contribution in [-0.4, -0.2) is 46.9 Å². The molecule has 0 radical (unpaired) electrons. The third-order valence-electron chi connectivity index (χ3n) is 4.78. The highest BCUT2D eigenvalue weighted by molar-refractivity contribution is 7.99. The molecule has 0 aromatic heterocycles. The van der Waals surface area contributed by atoms with Crippen LogP contribution in [0, 0.1) is 10.1 Å². The first kappa shape index (κ1) is 21.1. The number of carbonyl (C=O) groups excluding carboxylic acids is 1. The zero-order valence-corrected chi connectivity index (χ0v) is 17.1. The van der Waals surface area contributed by atoms with Gasteiger partial charge in [-0.3, -0.25) is 19.8 Å². The van der Waals surface area contributed by atoms with Gasteiger partial charge in [0, 0.05) is 67.6 Å². The summed E-state index contributed by atoms with van der Waals surface area (Å²) >= 11 is 1.99. The lowest BCUT2D eigenvalue weighted by Crippen LogP contribution is -2.32. The molecule has 29 heavy (non-hydrogen) atoms. The summed E-state index contributed by atoms with van der Waals surface area (Å²) in [4.78, 5) is 25.0. The Morgan fingerprint density at radius 2 is 1.83 bits per heavy atom. The van der Waals surface area contributed by atoms with Crippen LogP contribution in [0.3, 0.4) is 0 Å². The number of non-ortho nitro benzene ring substituents is 1. The van der Waals surface area contributed by atoms with E-state index in [9.17, 15) is 14.9 Å². The number of carbonyl (C=O) groups is 1. The van der Waals surface area contributed by atoms with Gasteiger partial charge in [0.25, 0.3) is 5.69 Å². The van der Waals surface area contributed by atoms with Crippen molar-refractivity contribution in [1.29, 1.82) is 0 Å². The molecule has 0 aliphatic carbocycles. The van der Waals surface area contributed by atoms with E-state index >= 15 is 0 Å². The predicted molar refractivity (Wildman–Crippen MR) is 118 cm³/mol. The monoisotopic (exact) mass is 414 g/mol. The van der Waals surface area contributed by atoms with Crippen LogP contribution in [0.4, 0.5) is 17.1 Å². The van der Waals surface area contributed by atoms with E-state index in [1.165, 1.54) is 12.1 Å². The molecular formula is C21H26N4O3S. The number of rotatable bonds is 9. The third kappa shape index (κ3) is 6.76. The molecule has 1 aliphatic rings. The molecule has 1 fully saturated rings. The molecular weight excluding hydrogens is 388 g/mol. The molecule has 154 valence electrons. The first-order chi connectivity index (χ1) is 14.1. The van der Waals surface area contributed by atoms with Gasteiger partial charge in [-0.1, -0.05) is 18.2 Å². The minimum Gasteiger partial charge on any atom is -0.385 e. The van der Waals surface area contributed by atoms with Crippen molar-refractivity contribution in [2.24, 2.45) is 0 Å². The van der Waals surface area contributed by atoms with Gasteiger partial charge in [-0.15, -0.1) is 0 Å². The van der Waals surface area contributed by atoms with Crippen molar-refractivity contribution < 1.29 is 9.72 Å². The van der Waals surface area contributed by atoms with Crippen molar-refractivity contribution in [1.82, 2.24) is 4.90 Å². The van der Waals surface area contributed by atoms with Gasteiger partial charge in [-0.05, 0) is 30.2 Å². The van der Waals surface area contributed by atoms with Gasteiger partial charge in [0.15, 0.2) is 0 Å². The number of thioether (sulfide) groups is 1. The number of anilines is 2. The molecule has 2 aromatic carbocycles. The summed E-state index contributed by atoms with van der Waals surface area (Å²) in [5.74, 6) is 2.32. The first-order valence-electron chi connectivity index (χ1n) is 9.78. The molecule has 0 unspecified atom stereocenters. The Labute approximate surface area is 175 Å². The maximum absolute atomic E-state index is 12.4. The summed E-state index contributed by atoms with van der Waals surface area (Å²) in [5, 5.41) is 16.9. The fraction of sp³-hybridized carbons (Fsp3) is 0.381. The molecule has 7 nitrogen and oxygen atoms in total. The number of nitrogens with zero attached hydrogens (tertiary/aromatic N) is 2. The van der Waals surface area contributed by atoms with Crippen LogP contribution in [0.5, 0.6) is 0 Å². The van der Waals surface area contributed by atoms with E-state index in [1.807, 2.05) is 30.0 Å². The fourth-order valence-electron chi connectivity index (χ4n) is 3.18. The van der Waals surface area contributed by atoms with Crippen molar-refractivity contribution in [2.45, 2.75) is 19.4 Å². The van der Waals surface area contributed by atoms with E-state index in [0.29, 0.717) is 19.4 Å². The quantitative estimate of drug-likeness (QED) is 0.367. The number of para-hydroxylation sites is 1. The molecule has 0 atom stereocenters. The molecule has 1 saturated heterocycles. The number of hydrogen-bond acceptors (Lipinski definition) is 6. The predicted octanol–water partition coefficient (Wildman–Crippen LogP) is 3.97. The highest BCUT2D eigenvalue weighted by Gasteiger charge is 2.13. The molecule has 2 aromatic rings. The maximum Gasteiger partial charge on any atom is 0.269 e. The summed E-state index contributed by atoms with van der Waals surface area (Å²) in [7, 11) is 0. The molecule has 8 heteroatoms. The van der Waals surface area contributed by atoms with E-state index < -0.39 is 4.92 Å². The average Bonchev–Trinajstić information content (AvgIpc) is 2.74. The van der Waals surface area contributed by atoms with Gasteiger partial charge in [0.1, 0.15) is 0 Å². The maximum atomic E-state index is 12.4. The molecule has 0 saturated carbocycles. The molecule has 3 rings (SSSR count). The Kier molecular flexibility index (Phi) is 7.89. The van der Waals surface area contributed by atoms with Gasteiger partial charge in [-0.25, -0.2) is 0 Å². The second-order valence-electron chi connectivity index (χ2n) is 6.93. The molecule has 0 spiro atoms. The van der Waals surface area contributed by atoms with Gasteiger partial charge in [-0.2, -0.15) is 11.8 Å². The zero-order valence-electron chi connectivity index (χ0n) is 16.3. The second kappa shape index (κ2) is 10.8. The minimum absolute atomic E-state index is 0.00264. The fourth-order valence-corrected chi connectivity index (χ4v) is 4.15. The van der Waals surface area contributed by atoms with Crippen LogP contribution in [0.25, 0.3) is 0 Å². The molecule has 0 bridgehead atoms. The smallest absolute Gasteiger partial charge is 0.269 e. The van der Waals surface area contributed by atoms with Crippen molar-refractivity contribution in [2.75, 3.05) is 41.8 Å². The Morgan fingerprint density at radius 1 is 1.10 bits per heavy atom. The number of hydrogen-bond donors (Lipinski definition) is 2. The Morgan fingerprint density at radius 3 is 2.55 bits per heavy atom. The lowest BCUT2D eigenvalue weighted by atomic mass is 10.1. The van der Waals surface area contributed by atoms with Crippen molar-refractivity contribution in [3.63, 3.8) is 0 Å². The van der Waals surface area contributed by atoms with Crippen LogP contribution in [-0.2, 0) is 11.3 Å². The van der Waals surface area contributed by atoms with Crippen LogP contribution in [0.2, 0.25) is 0 Å². The van der Waals surface area contributed by atoms with Crippen LogP contribution in [0.1, 0.15) is 18.4 Å². The van der Waals surface area contributed by atoms with Gasteiger partial charge < -0.3 is 10.6 Å². The highest BCUT2D eigenvalue weighted by Crippen LogP contribution is 2.20. The minimum atomic E-state index is -0.420. The van der Waals surface area contributed by atoms with Gasteiger partial charge >= 0.3 is 0 Å². The summed E-state index contributed by atoms with van der Waals surface area (Å²) in [6, 6.07) is 14.3. The summed E-state index contributed by atoms with van der Waals surface area (Å²) in [6.45, 7) is 3.65. The normalized spacial score (nSPS) is 14.3. The van der Waals surface area contributed by atoms with Crippen molar-refractivity contribution in [3.05, 3.63) is 64.2 Å². The topological polar surface area (TPSA) is 87.5 Å². The Hall–Kier alpha value is -2.58. The second-order valence-corrected chi connectivity index (χ2v) is 8.15. The number of nitro groups is 1. The lowest BCUT2D eigenvalue weighted by molar-refractivity contribution is -0.384. The van der Waals surface area contributed by atoms with E-state index in [0.717, 1.165) is 48.1 Å². The summed E-state index contributed by atoms with van der Waals surface area (Å²) in [6.07, 6.45) is 1.09. The SMILES string of the molecule is O=C(CCCNc1ccc([N+](=O)[O-])cc1)Nc1ccccc1CN1CCSCC1. The lowest BCUT2D eigenvalue weighted by Gasteiger charge is -2.27. The Bertz CT molecular complexity index is 823. The van der Waals surface area contributed by atoms with Crippen molar-refractivity contribution >= 4 is 34.7 Å². The summed E-state index contributed by atoms with van der Waals surface area (Å²) in [5.41, 5.74) is 2.91. The number of benzene rings is 2. The molecule has 2 N–H and O–H groups in total. The average molecular weight is 415 g/mol. The number of nitro benzene ring substituents is 1. The largest absolute Gasteiger partial charge is 0.385 e. The van der Waals surface area contributed by atoms with Gasteiger partial charge in [0.2, 0.25) is 5.91 Å². The van der Waals surface area contributed by atoms with E-state index in [2.05, 4.69) is 21.6 Å². The van der Waals surface area contributed by atoms with Gasteiger partial charge in [0.05, 0.1) is 4.92 Å². The zero-order chi connectivity index (χ0) is 20.5. The molecule has 1 heterocycles. The first-order valence-corrected chi connectivity index (χ1v) is 10.9. The highest BCUT2D eigenvalue weighted by atomic mass is 32.2. The van der Waals surface area contributed by atoms with E-state index in [4.69, 9.17) is 0 Å². The number of amides is 1. The van der Waals surface area contributed by atoms with E-state index in [-0.39, 0.29) is 11.6 Å². The Balaban J connectivity index is 1.43. The third-order valence-corrected chi connectivity index (χ3v) is 5.72. The van der Waals surface area contributed by atoms with Crippen LogP contribution >= 0.6 is 11.8 Å². The van der Waals surface area contributed by atoms with E-state index in [1.54, 1.807) is 12.1 Å². The van der Waals surface area contributed by atoms with Crippen molar-refractivity contribution in [3.8, 4) is 0 Å². The van der Waals surface area contributed by atoms with Crippen LogP contribution < -0.4 is 10.6 Å². The number of nitrogens with one attached hydrogen (secondary N) is 2. The standard InChI is InChI=1S/C21H26N4O3S/c26-21(6-3-11-22-18-7-9-19(10-8-18)25(27)28)23-20-5-2-1-4-17(20)16-24-12-14-29-15-13-24/h1-2,4-5,7-10,22H,3,6,11-16H2,(H,23,26). The molecule has 1 aliphatic heterocycles. The van der Waals surface area contributed by atoms with Crippen LogP contribution in [0.15, 0.2) is 48.5 Å². The molecule has 1 amide bonds. The summed E-state index contributed by atoms with van der Waals surface area (Å²) < 4.78 is 0.